The number of rotatable bonds is 1. The maximum atomic E-state index is 4.04. The van der Waals surface area contributed by atoms with Gasteiger partial charge in [0.15, 0.2) is 0 Å². The highest BCUT2D eigenvalue weighted by Gasteiger charge is 2.58. The molecule has 5 fully saturated rings. The fourth-order valence-corrected chi connectivity index (χ4v) is 7.36. The lowest BCUT2D eigenvalue weighted by atomic mass is 9.52. The molecule has 0 aromatic rings. The fourth-order valence-electron chi connectivity index (χ4n) is 7.36. The summed E-state index contributed by atoms with van der Waals surface area (Å²) in [6.45, 7) is 5.30. The Labute approximate surface area is 142 Å². The Morgan fingerprint density at radius 1 is 0.826 bits per heavy atom. The van der Waals surface area contributed by atoms with Crippen LogP contribution in [-0.4, -0.2) is 49.2 Å². The quantitative estimate of drug-likeness (QED) is 0.779. The lowest BCUT2D eigenvalue weighted by molar-refractivity contribution is -0.117. The Bertz CT molecular complexity index is 431. The van der Waals surface area contributed by atoms with Crippen LogP contribution in [0.2, 0.25) is 0 Å². The molecule has 0 amide bonds. The van der Waals surface area contributed by atoms with Gasteiger partial charge >= 0.3 is 0 Å². The Balaban J connectivity index is 1.50. The van der Waals surface area contributed by atoms with E-state index in [2.05, 4.69) is 15.5 Å². The molecule has 4 saturated heterocycles. The maximum Gasteiger partial charge on any atom is 0.0179 e. The van der Waals surface area contributed by atoms with Crippen molar-refractivity contribution in [1.82, 2.24) is 15.5 Å². The van der Waals surface area contributed by atoms with Gasteiger partial charge in [-0.05, 0) is 82.8 Å². The van der Waals surface area contributed by atoms with Crippen molar-refractivity contribution in [3.8, 4) is 0 Å². The van der Waals surface area contributed by atoms with Gasteiger partial charge in [0.25, 0.3) is 0 Å². The minimum absolute atomic E-state index is 0.530. The van der Waals surface area contributed by atoms with Crippen LogP contribution in [0.3, 0.4) is 0 Å². The van der Waals surface area contributed by atoms with Crippen molar-refractivity contribution in [2.24, 2.45) is 17.3 Å². The van der Waals surface area contributed by atoms with Gasteiger partial charge in [-0.15, -0.1) is 0 Å². The summed E-state index contributed by atoms with van der Waals surface area (Å²) in [5.74, 6) is 1.96. The molecule has 0 radical (unpaired) electrons. The van der Waals surface area contributed by atoms with Gasteiger partial charge in [0.05, 0.1) is 0 Å². The molecule has 130 valence electrons. The van der Waals surface area contributed by atoms with E-state index in [1.807, 2.05) is 0 Å². The second-order valence-corrected chi connectivity index (χ2v) is 9.30. The SMILES string of the molecule is C1CC[C@H]([C@@]23C[C@@H](C[C@H]4CCCN[C@@H]42)[C@@H]2CCCCN2C3)NC1. The normalized spacial score (nSPS) is 50.9. The van der Waals surface area contributed by atoms with Crippen molar-refractivity contribution < 1.29 is 0 Å². The predicted molar refractivity (Wildman–Crippen MR) is 94.5 cm³/mol. The van der Waals surface area contributed by atoms with E-state index in [0.29, 0.717) is 5.41 Å². The van der Waals surface area contributed by atoms with Crippen molar-refractivity contribution in [3.63, 3.8) is 0 Å². The minimum atomic E-state index is 0.530. The summed E-state index contributed by atoms with van der Waals surface area (Å²) in [7, 11) is 0. The first kappa shape index (κ1) is 15.2. The smallest absolute Gasteiger partial charge is 0.0179 e. The second kappa shape index (κ2) is 6.00. The van der Waals surface area contributed by atoms with Gasteiger partial charge < -0.3 is 10.6 Å². The van der Waals surface area contributed by atoms with Gasteiger partial charge in [-0.2, -0.15) is 0 Å². The van der Waals surface area contributed by atoms with E-state index in [4.69, 9.17) is 0 Å². The van der Waals surface area contributed by atoms with Crippen molar-refractivity contribution >= 4 is 0 Å². The van der Waals surface area contributed by atoms with Gasteiger partial charge in [0, 0.05) is 30.1 Å². The molecule has 0 unspecified atom stereocenters. The van der Waals surface area contributed by atoms with Gasteiger partial charge in [-0.1, -0.05) is 12.8 Å². The monoisotopic (exact) mass is 317 g/mol. The summed E-state index contributed by atoms with van der Waals surface area (Å²) in [6, 6.07) is 2.51. The van der Waals surface area contributed by atoms with Crippen LogP contribution in [0.5, 0.6) is 0 Å². The molecule has 4 heterocycles. The zero-order valence-corrected chi connectivity index (χ0v) is 14.7. The number of piperidine rings is 4. The van der Waals surface area contributed by atoms with E-state index >= 15 is 0 Å². The molecular weight excluding hydrogens is 282 g/mol. The molecule has 4 aliphatic heterocycles. The number of nitrogens with zero attached hydrogens (tertiary/aromatic N) is 1. The van der Waals surface area contributed by atoms with Crippen LogP contribution in [0.1, 0.15) is 64.2 Å². The highest BCUT2D eigenvalue weighted by Crippen LogP contribution is 2.55. The molecule has 0 aromatic carbocycles. The zero-order chi connectivity index (χ0) is 15.3. The molecule has 0 aromatic heterocycles. The van der Waals surface area contributed by atoms with Crippen LogP contribution < -0.4 is 10.6 Å². The van der Waals surface area contributed by atoms with Crippen LogP contribution >= 0.6 is 0 Å². The summed E-state index contributed by atoms with van der Waals surface area (Å²) < 4.78 is 0. The first-order chi connectivity index (χ1) is 11.4. The van der Waals surface area contributed by atoms with Crippen LogP contribution in [0.15, 0.2) is 0 Å². The molecule has 2 bridgehead atoms. The van der Waals surface area contributed by atoms with Gasteiger partial charge in [-0.25, -0.2) is 0 Å². The molecule has 5 aliphatic rings. The Kier molecular flexibility index (Phi) is 3.95. The Morgan fingerprint density at radius 3 is 2.65 bits per heavy atom. The average molecular weight is 318 g/mol. The van der Waals surface area contributed by atoms with E-state index in [0.717, 1.165) is 30.0 Å². The van der Waals surface area contributed by atoms with Crippen LogP contribution in [0.25, 0.3) is 0 Å². The van der Waals surface area contributed by atoms with Crippen molar-refractivity contribution in [2.75, 3.05) is 26.2 Å². The molecule has 0 spiro atoms. The van der Waals surface area contributed by atoms with Crippen LogP contribution in [-0.2, 0) is 0 Å². The van der Waals surface area contributed by atoms with Crippen LogP contribution in [0, 0.1) is 17.3 Å². The molecule has 23 heavy (non-hydrogen) atoms. The minimum Gasteiger partial charge on any atom is -0.313 e. The van der Waals surface area contributed by atoms with E-state index in [1.54, 1.807) is 0 Å². The van der Waals surface area contributed by atoms with Crippen molar-refractivity contribution in [3.05, 3.63) is 0 Å². The van der Waals surface area contributed by atoms with Gasteiger partial charge in [0.1, 0.15) is 0 Å². The topological polar surface area (TPSA) is 27.3 Å². The third kappa shape index (κ3) is 2.41. The first-order valence-corrected chi connectivity index (χ1v) is 10.6. The van der Waals surface area contributed by atoms with E-state index < -0.39 is 0 Å². The molecule has 6 atom stereocenters. The number of hydrogen-bond donors (Lipinski definition) is 2. The molecule has 2 N–H and O–H groups in total. The number of nitrogens with one attached hydrogen (secondary N) is 2. The molecule has 3 heteroatoms. The average Bonchev–Trinajstić information content (AvgIpc) is 2.63. The Hall–Kier alpha value is -0.120. The molecule has 5 rings (SSSR count). The predicted octanol–water partition coefficient (Wildman–Crippen LogP) is 2.76. The third-order valence-electron chi connectivity index (χ3n) is 8.16. The van der Waals surface area contributed by atoms with Gasteiger partial charge in [0.2, 0.25) is 0 Å². The van der Waals surface area contributed by atoms with E-state index in [1.165, 1.54) is 90.4 Å². The summed E-state index contributed by atoms with van der Waals surface area (Å²) in [5.41, 5.74) is 0.530. The molecule has 1 saturated carbocycles. The van der Waals surface area contributed by atoms with E-state index in [9.17, 15) is 0 Å². The highest BCUT2D eigenvalue weighted by atomic mass is 15.2. The maximum absolute atomic E-state index is 4.04. The Morgan fingerprint density at radius 2 is 1.74 bits per heavy atom. The third-order valence-corrected chi connectivity index (χ3v) is 8.16. The van der Waals surface area contributed by atoms with Crippen LogP contribution in [0.4, 0.5) is 0 Å². The van der Waals surface area contributed by atoms with E-state index in [-0.39, 0.29) is 0 Å². The molecule has 3 nitrogen and oxygen atoms in total. The molecular formula is C20H35N3. The summed E-state index contributed by atoms with van der Waals surface area (Å²) >= 11 is 0. The largest absolute Gasteiger partial charge is 0.313 e. The lowest BCUT2D eigenvalue weighted by Gasteiger charge is -2.64. The van der Waals surface area contributed by atoms with Crippen molar-refractivity contribution in [2.45, 2.75) is 82.3 Å². The highest BCUT2D eigenvalue weighted by molar-refractivity contribution is 5.14. The first-order valence-electron chi connectivity index (χ1n) is 10.6. The summed E-state index contributed by atoms with van der Waals surface area (Å²) in [6.07, 6.45) is 14.6. The fraction of sp³-hybridized carbons (Fsp3) is 1.00. The zero-order valence-electron chi connectivity index (χ0n) is 14.7. The van der Waals surface area contributed by atoms with Gasteiger partial charge in [-0.3, -0.25) is 4.90 Å². The number of fused-ring (bicyclic) bond motifs is 6. The molecule has 1 aliphatic carbocycles. The standard InChI is InChI=1S/C20H35N3/c1-3-9-21-18(8-1)20-13-16(12-15-6-5-10-22-19(15)20)17-7-2-4-11-23(17)14-20/h15-19,21-22H,1-14H2/t15-,16-,17+,18-,19+,20+/m1/s1. The summed E-state index contributed by atoms with van der Waals surface area (Å²) in [4.78, 5) is 2.94. The number of hydrogen-bond acceptors (Lipinski definition) is 3. The van der Waals surface area contributed by atoms with Crippen molar-refractivity contribution in [1.29, 1.82) is 0 Å². The second-order valence-electron chi connectivity index (χ2n) is 9.30. The lowest BCUT2D eigenvalue weighted by Crippen LogP contribution is -2.72. The summed E-state index contributed by atoms with van der Waals surface area (Å²) in [5, 5.41) is 8.04.